The number of carbonyl (C=O) groups is 1. The Kier molecular flexibility index (Phi) is 2.69. The summed E-state index contributed by atoms with van der Waals surface area (Å²) in [6.45, 7) is 0. The first-order valence-electron chi connectivity index (χ1n) is 4.54. The molecule has 0 atom stereocenters. The van der Waals surface area contributed by atoms with Crippen LogP contribution in [0.4, 0.5) is 10.2 Å². The van der Waals surface area contributed by atoms with E-state index in [4.69, 9.17) is 5.73 Å². The standard InChI is InChI=1S/C9H8FN5O2/c1-17-9(16)7-4-15(14-13-7)5-2-6(10)8(11)12-3-5/h2-4H,1H3,(H2,11,12). The maximum atomic E-state index is 13.2. The van der Waals surface area contributed by atoms with Gasteiger partial charge in [0.2, 0.25) is 0 Å². The smallest absolute Gasteiger partial charge is 0.360 e. The number of aromatic nitrogens is 4. The van der Waals surface area contributed by atoms with Crippen molar-refractivity contribution in [1.82, 2.24) is 20.0 Å². The number of hydrogen-bond donors (Lipinski definition) is 1. The third-order valence-electron chi connectivity index (χ3n) is 2.01. The molecule has 0 aliphatic carbocycles. The lowest BCUT2D eigenvalue weighted by Crippen LogP contribution is -2.01. The van der Waals surface area contributed by atoms with Crippen molar-refractivity contribution in [2.75, 3.05) is 12.8 Å². The molecule has 8 heteroatoms. The molecule has 7 nitrogen and oxygen atoms in total. The third-order valence-corrected chi connectivity index (χ3v) is 2.01. The molecule has 2 N–H and O–H groups in total. The zero-order valence-electron chi connectivity index (χ0n) is 8.79. The summed E-state index contributed by atoms with van der Waals surface area (Å²) in [5, 5.41) is 7.22. The van der Waals surface area contributed by atoms with Crippen LogP contribution in [0.25, 0.3) is 5.69 Å². The number of anilines is 1. The van der Waals surface area contributed by atoms with E-state index in [1.54, 1.807) is 0 Å². The fourth-order valence-corrected chi connectivity index (χ4v) is 1.15. The van der Waals surface area contributed by atoms with Crippen LogP contribution in [0, 0.1) is 5.82 Å². The Morgan fingerprint density at radius 3 is 3.00 bits per heavy atom. The van der Waals surface area contributed by atoms with E-state index in [-0.39, 0.29) is 11.5 Å². The predicted octanol–water partition coefficient (Wildman–Crippen LogP) is 0.170. The van der Waals surface area contributed by atoms with Gasteiger partial charge in [0.05, 0.1) is 25.2 Å². The average molecular weight is 237 g/mol. The number of nitrogen functional groups attached to an aromatic ring is 1. The number of ether oxygens (including phenoxy) is 1. The zero-order valence-corrected chi connectivity index (χ0v) is 8.79. The lowest BCUT2D eigenvalue weighted by molar-refractivity contribution is 0.0594. The van der Waals surface area contributed by atoms with E-state index in [9.17, 15) is 9.18 Å². The Hall–Kier alpha value is -2.51. The number of nitrogens with two attached hydrogens (primary N) is 1. The van der Waals surface area contributed by atoms with Gasteiger partial charge in [0, 0.05) is 6.07 Å². The summed E-state index contributed by atoms with van der Waals surface area (Å²) >= 11 is 0. The molecule has 0 spiro atoms. The van der Waals surface area contributed by atoms with Crippen molar-refractivity contribution in [1.29, 1.82) is 0 Å². The van der Waals surface area contributed by atoms with Crippen molar-refractivity contribution in [3.05, 3.63) is 30.0 Å². The third kappa shape index (κ3) is 2.05. The minimum atomic E-state index is -0.669. The van der Waals surface area contributed by atoms with Crippen molar-refractivity contribution in [2.45, 2.75) is 0 Å². The van der Waals surface area contributed by atoms with E-state index >= 15 is 0 Å². The maximum Gasteiger partial charge on any atom is 0.360 e. The number of methoxy groups -OCH3 is 1. The van der Waals surface area contributed by atoms with Crippen LogP contribution in [0.5, 0.6) is 0 Å². The molecule has 88 valence electrons. The second-order valence-electron chi connectivity index (χ2n) is 3.10. The first-order chi connectivity index (χ1) is 8.11. The summed E-state index contributed by atoms with van der Waals surface area (Å²) in [6, 6.07) is 1.14. The highest BCUT2D eigenvalue weighted by Crippen LogP contribution is 2.12. The number of carbonyl (C=O) groups excluding carboxylic acids is 1. The minimum absolute atomic E-state index is 0.0183. The van der Waals surface area contributed by atoms with Gasteiger partial charge in [0.15, 0.2) is 17.3 Å². The van der Waals surface area contributed by atoms with Gasteiger partial charge in [-0.1, -0.05) is 5.21 Å². The Morgan fingerprint density at radius 2 is 2.35 bits per heavy atom. The van der Waals surface area contributed by atoms with Gasteiger partial charge in [0.25, 0.3) is 0 Å². The number of rotatable bonds is 2. The first kappa shape index (κ1) is 11.0. The van der Waals surface area contributed by atoms with Crippen LogP contribution in [0.1, 0.15) is 10.5 Å². The van der Waals surface area contributed by atoms with Crippen LogP contribution in [0.3, 0.4) is 0 Å². The van der Waals surface area contributed by atoms with Gasteiger partial charge in [0.1, 0.15) is 0 Å². The van der Waals surface area contributed by atoms with Crippen LogP contribution in [0.2, 0.25) is 0 Å². The summed E-state index contributed by atoms with van der Waals surface area (Å²) < 4.78 is 18.8. The second-order valence-corrected chi connectivity index (χ2v) is 3.10. The Balaban J connectivity index is 2.37. The van der Waals surface area contributed by atoms with Gasteiger partial charge in [-0.2, -0.15) is 0 Å². The molecule has 2 aromatic rings. The Labute approximate surface area is 95.0 Å². The van der Waals surface area contributed by atoms with Gasteiger partial charge < -0.3 is 10.5 Å². The van der Waals surface area contributed by atoms with E-state index in [2.05, 4.69) is 20.0 Å². The van der Waals surface area contributed by atoms with Gasteiger partial charge in [-0.15, -0.1) is 5.10 Å². The van der Waals surface area contributed by atoms with Crippen molar-refractivity contribution >= 4 is 11.8 Å². The van der Waals surface area contributed by atoms with E-state index in [0.717, 1.165) is 6.07 Å². The van der Waals surface area contributed by atoms with E-state index in [1.165, 1.54) is 24.2 Å². The van der Waals surface area contributed by atoms with Gasteiger partial charge in [-0.05, 0) is 0 Å². The second kappa shape index (κ2) is 4.16. The summed E-state index contributed by atoms with van der Waals surface area (Å²) in [7, 11) is 1.23. The number of esters is 1. The molecule has 0 aliphatic rings. The van der Waals surface area contributed by atoms with Crippen molar-refractivity contribution < 1.29 is 13.9 Å². The predicted molar refractivity (Wildman–Crippen MR) is 54.9 cm³/mol. The SMILES string of the molecule is COC(=O)c1cn(-c2cnc(N)c(F)c2)nn1. The topological polar surface area (TPSA) is 95.9 Å². The number of nitrogens with zero attached hydrogens (tertiary/aromatic N) is 4. The Morgan fingerprint density at radius 1 is 1.59 bits per heavy atom. The quantitative estimate of drug-likeness (QED) is 0.748. The lowest BCUT2D eigenvalue weighted by Gasteiger charge is -2.00. The van der Waals surface area contributed by atoms with Crippen LogP contribution in [-0.4, -0.2) is 33.1 Å². The molecule has 0 fully saturated rings. The normalized spacial score (nSPS) is 10.2. The first-order valence-corrected chi connectivity index (χ1v) is 4.54. The highest BCUT2D eigenvalue weighted by atomic mass is 19.1. The number of hydrogen-bond acceptors (Lipinski definition) is 6. The van der Waals surface area contributed by atoms with Gasteiger partial charge >= 0.3 is 5.97 Å². The van der Waals surface area contributed by atoms with E-state index in [0.29, 0.717) is 5.69 Å². The molecule has 2 rings (SSSR count). The molecule has 17 heavy (non-hydrogen) atoms. The summed E-state index contributed by atoms with van der Waals surface area (Å²) in [6.07, 6.45) is 2.62. The zero-order chi connectivity index (χ0) is 12.4. The lowest BCUT2D eigenvalue weighted by atomic mass is 10.4. The fraction of sp³-hybridized carbons (Fsp3) is 0.111. The van der Waals surface area contributed by atoms with Gasteiger partial charge in [-0.3, -0.25) is 0 Å². The van der Waals surface area contributed by atoms with E-state index < -0.39 is 11.8 Å². The maximum absolute atomic E-state index is 13.2. The molecular formula is C9H8FN5O2. The molecule has 0 unspecified atom stereocenters. The van der Waals surface area contributed by atoms with Crippen LogP contribution < -0.4 is 5.73 Å². The molecule has 2 aromatic heterocycles. The average Bonchev–Trinajstić information content (AvgIpc) is 2.81. The molecule has 0 bridgehead atoms. The fourth-order valence-electron chi connectivity index (χ4n) is 1.15. The largest absolute Gasteiger partial charge is 0.464 e. The number of halogens is 1. The number of pyridine rings is 1. The van der Waals surface area contributed by atoms with Crippen molar-refractivity contribution in [2.24, 2.45) is 0 Å². The molecule has 0 saturated heterocycles. The van der Waals surface area contributed by atoms with E-state index in [1.807, 2.05) is 0 Å². The molecule has 0 amide bonds. The van der Waals surface area contributed by atoms with Gasteiger partial charge in [-0.25, -0.2) is 18.9 Å². The van der Waals surface area contributed by atoms with Crippen molar-refractivity contribution in [3.63, 3.8) is 0 Å². The summed E-state index contributed by atoms with van der Waals surface area (Å²) in [4.78, 5) is 14.8. The Bertz CT molecular complexity index is 568. The minimum Gasteiger partial charge on any atom is -0.464 e. The molecule has 0 aliphatic heterocycles. The van der Waals surface area contributed by atoms with Crippen molar-refractivity contribution in [3.8, 4) is 5.69 Å². The summed E-state index contributed by atoms with van der Waals surface area (Å²) in [5.41, 5.74) is 5.56. The van der Waals surface area contributed by atoms with Crippen LogP contribution >= 0.6 is 0 Å². The monoisotopic (exact) mass is 237 g/mol. The molecule has 0 saturated carbocycles. The highest BCUT2D eigenvalue weighted by Gasteiger charge is 2.12. The molecule has 2 heterocycles. The highest BCUT2D eigenvalue weighted by molar-refractivity contribution is 5.86. The molecule has 0 radical (unpaired) electrons. The van der Waals surface area contributed by atoms with Crippen LogP contribution in [0.15, 0.2) is 18.5 Å². The summed E-state index contributed by atoms with van der Waals surface area (Å²) in [5.74, 6) is -1.50. The molecular weight excluding hydrogens is 229 g/mol. The van der Waals surface area contributed by atoms with Crippen LogP contribution in [-0.2, 0) is 4.74 Å². The molecule has 0 aromatic carbocycles.